The molecule has 2 fully saturated rings. The quantitative estimate of drug-likeness (QED) is 0.632. The zero-order valence-corrected chi connectivity index (χ0v) is 18.5. The first-order valence-corrected chi connectivity index (χ1v) is 11.6. The Kier molecular flexibility index (Phi) is 5.90. The summed E-state index contributed by atoms with van der Waals surface area (Å²) in [5.41, 5.74) is 2.72. The van der Waals surface area contributed by atoms with Crippen LogP contribution in [0.4, 0.5) is 15.1 Å². The molecule has 1 aromatic carbocycles. The molecule has 0 bridgehead atoms. The van der Waals surface area contributed by atoms with E-state index >= 15 is 0 Å². The lowest BCUT2D eigenvalue weighted by molar-refractivity contribution is 0.182. The Morgan fingerprint density at radius 3 is 2.84 bits per heavy atom. The standard InChI is InChI=1S/C23H27ClFN5O2/c24-18-9-14(3-6-19(18)25)21(13-1-2-13)29-23(32)30-8-7-15-11-26-22(28-20(15)12-30)27-16-4-5-17(31)10-16/h3,6,9,11,13,16-17,21,31H,1-2,4-5,7-8,10,12H2,(H,29,32)(H,26,27,28)/t16-,17-,21+/m0/s1. The van der Waals surface area contributed by atoms with Gasteiger partial charge in [-0.05, 0) is 67.7 Å². The topological polar surface area (TPSA) is 90.4 Å². The van der Waals surface area contributed by atoms with Crippen molar-refractivity contribution in [1.29, 1.82) is 0 Å². The molecule has 3 atom stereocenters. The van der Waals surface area contributed by atoms with Crippen LogP contribution in [0.15, 0.2) is 24.4 Å². The maximum absolute atomic E-state index is 13.6. The first-order valence-electron chi connectivity index (χ1n) is 11.3. The third kappa shape index (κ3) is 4.66. The van der Waals surface area contributed by atoms with Crippen molar-refractivity contribution in [2.24, 2.45) is 5.92 Å². The van der Waals surface area contributed by atoms with Gasteiger partial charge in [0.05, 0.1) is 29.4 Å². The van der Waals surface area contributed by atoms with E-state index < -0.39 is 5.82 Å². The molecule has 1 aliphatic heterocycles. The molecule has 7 nitrogen and oxygen atoms in total. The van der Waals surface area contributed by atoms with E-state index in [4.69, 9.17) is 11.6 Å². The van der Waals surface area contributed by atoms with Gasteiger partial charge in [-0.2, -0.15) is 0 Å². The number of carbonyl (C=O) groups is 1. The molecule has 2 amide bonds. The minimum absolute atomic E-state index is 0.0702. The van der Waals surface area contributed by atoms with Crippen LogP contribution in [0.1, 0.15) is 55.0 Å². The van der Waals surface area contributed by atoms with Crippen LogP contribution in [-0.4, -0.2) is 44.7 Å². The SMILES string of the molecule is O=C(N[C@@H](c1ccc(F)c(Cl)c1)C1CC1)N1CCc2cnc(N[C@H]3CC[C@H](O)C3)nc2C1. The molecule has 0 unspecified atom stereocenters. The molecule has 0 radical (unpaired) electrons. The smallest absolute Gasteiger partial charge is 0.318 e. The zero-order valence-electron chi connectivity index (χ0n) is 17.7. The molecule has 3 N–H and O–H groups in total. The summed E-state index contributed by atoms with van der Waals surface area (Å²) in [4.78, 5) is 23.9. The molecule has 3 aliphatic rings. The van der Waals surface area contributed by atoms with E-state index in [1.165, 1.54) is 6.07 Å². The van der Waals surface area contributed by atoms with Gasteiger partial charge in [0.25, 0.3) is 0 Å². The lowest BCUT2D eigenvalue weighted by atomic mass is 10.0. The molecule has 2 aromatic rings. The summed E-state index contributed by atoms with van der Waals surface area (Å²) in [5.74, 6) is 0.430. The maximum Gasteiger partial charge on any atom is 0.318 e. The first-order chi connectivity index (χ1) is 15.5. The molecule has 5 rings (SSSR count). The van der Waals surface area contributed by atoms with Gasteiger partial charge in [0, 0.05) is 18.8 Å². The van der Waals surface area contributed by atoms with E-state index in [1.54, 1.807) is 17.0 Å². The van der Waals surface area contributed by atoms with E-state index in [0.717, 1.165) is 42.5 Å². The van der Waals surface area contributed by atoms with Crippen LogP contribution < -0.4 is 10.6 Å². The van der Waals surface area contributed by atoms with Gasteiger partial charge in [0.1, 0.15) is 5.82 Å². The Hall–Kier alpha value is -2.45. The average molecular weight is 460 g/mol. The van der Waals surface area contributed by atoms with Crippen molar-refractivity contribution in [3.05, 3.63) is 52.1 Å². The first kappa shape index (κ1) is 21.4. The normalized spacial score (nSPS) is 23.5. The van der Waals surface area contributed by atoms with E-state index in [2.05, 4.69) is 20.6 Å². The Morgan fingerprint density at radius 2 is 2.12 bits per heavy atom. The number of amides is 2. The number of urea groups is 1. The minimum atomic E-state index is -0.458. The number of aliphatic hydroxyl groups excluding tert-OH is 1. The summed E-state index contributed by atoms with van der Waals surface area (Å²) >= 11 is 5.98. The summed E-state index contributed by atoms with van der Waals surface area (Å²) < 4.78 is 13.6. The van der Waals surface area contributed by atoms with E-state index in [-0.39, 0.29) is 29.2 Å². The predicted octanol–water partition coefficient (Wildman–Crippen LogP) is 3.81. The molecular formula is C23H27ClFN5O2. The van der Waals surface area contributed by atoms with Crippen molar-refractivity contribution in [3.8, 4) is 0 Å². The third-order valence-electron chi connectivity index (χ3n) is 6.65. The van der Waals surface area contributed by atoms with Crippen LogP contribution in [0.2, 0.25) is 5.02 Å². The van der Waals surface area contributed by atoms with Gasteiger partial charge in [-0.1, -0.05) is 17.7 Å². The van der Waals surface area contributed by atoms with Gasteiger partial charge in [0.15, 0.2) is 0 Å². The number of hydrogen-bond donors (Lipinski definition) is 3. The predicted molar refractivity (Wildman–Crippen MR) is 119 cm³/mol. The van der Waals surface area contributed by atoms with E-state index in [1.807, 2.05) is 6.20 Å². The molecule has 2 heterocycles. The third-order valence-corrected chi connectivity index (χ3v) is 6.94. The summed E-state index contributed by atoms with van der Waals surface area (Å²) in [5, 5.41) is 16.3. The van der Waals surface area contributed by atoms with E-state index in [0.29, 0.717) is 37.8 Å². The van der Waals surface area contributed by atoms with Gasteiger partial charge < -0.3 is 20.6 Å². The Morgan fingerprint density at radius 1 is 1.28 bits per heavy atom. The number of anilines is 1. The molecule has 2 saturated carbocycles. The summed E-state index contributed by atoms with van der Waals surface area (Å²) in [6.07, 6.45) is 6.71. The van der Waals surface area contributed by atoms with Crippen molar-refractivity contribution < 1.29 is 14.3 Å². The molecule has 2 aliphatic carbocycles. The lowest BCUT2D eigenvalue weighted by Gasteiger charge is -2.30. The number of benzene rings is 1. The highest BCUT2D eigenvalue weighted by atomic mass is 35.5. The van der Waals surface area contributed by atoms with Gasteiger partial charge in [-0.25, -0.2) is 19.2 Å². The van der Waals surface area contributed by atoms with Gasteiger partial charge in [-0.15, -0.1) is 0 Å². The highest BCUT2D eigenvalue weighted by Crippen LogP contribution is 2.42. The fourth-order valence-corrected chi connectivity index (χ4v) is 4.84. The number of fused-ring (bicyclic) bond motifs is 1. The van der Waals surface area contributed by atoms with Crippen molar-refractivity contribution in [2.45, 2.75) is 63.3 Å². The minimum Gasteiger partial charge on any atom is -0.393 e. The number of rotatable bonds is 5. The summed E-state index contributed by atoms with van der Waals surface area (Å²) in [6, 6.07) is 4.49. The number of aromatic nitrogens is 2. The van der Waals surface area contributed by atoms with Gasteiger partial charge in [-0.3, -0.25) is 0 Å². The fourth-order valence-electron chi connectivity index (χ4n) is 4.65. The van der Waals surface area contributed by atoms with Crippen molar-refractivity contribution in [3.63, 3.8) is 0 Å². The molecule has 170 valence electrons. The number of carbonyl (C=O) groups excluding carboxylic acids is 1. The monoisotopic (exact) mass is 459 g/mol. The van der Waals surface area contributed by atoms with Crippen molar-refractivity contribution >= 4 is 23.6 Å². The summed E-state index contributed by atoms with van der Waals surface area (Å²) in [6.45, 7) is 0.999. The van der Waals surface area contributed by atoms with Crippen LogP contribution in [0.5, 0.6) is 0 Å². The highest BCUT2D eigenvalue weighted by molar-refractivity contribution is 6.30. The van der Waals surface area contributed by atoms with Gasteiger partial charge >= 0.3 is 6.03 Å². The molecule has 0 saturated heterocycles. The molecule has 1 aromatic heterocycles. The van der Waals surface area contributed by atoms with E-state index in [9.17, 15) is 14.3 Å². The lowest BCUT2D eigenvalue weighted by Crippen LogP contribution is -2.44. The van der Waals surface area contributed by atoms with Crippen molar-refractivity contribution in [1.82, 2.24) is 20.2 Å². The Bertz CT molecular complexity index is 1020. The average Bonchev–Trinajstić information content (AvgIpc) is 3.55. The molecular weight excluding hydrogens is 433 g/mol. The number of aliphatic hydroxyl groups is 1. The molecule has 0 spiro atoms. The van der Waals surface area contributed by atoms with Crippen LogP contribution in [0, 0.1) is 11.7 Å². The molecule has 9 heteroatoms. The van der Waals surface area contributed by atoms with Crippen LogP contribution in [0.3, 0.4) is 0 Å². The number of nitrogens with one attached hydrogen (secondary N) is 2. The van der Waals surface area contributed by atoms with Crippen LogP contribution in [0.25, 0.3) is 0 Å². The van der Waals surface area contributed by atoms with Crippen LogP contribution in [-0.2, 0) is 13.0 Å². The zero-order chi connectivity index (χ0) is 22.2. The number of hydrogen-bond acceptors (Lipinski definition) is 5. The number of nitrogens with zero attached hydrogens (tertiary/aromatic N) is 3. The molecule has 32 heavy (non-hydrogen) atoms. The second-order valence-electron chi connectivity index (χ2n) is 9.08. The summed E-state index contributed by atoms with van der Waals surface area (Å²) in [7, 11) is 0. The second kappa shape index (κ2) is 8.83. The van der Waals surface area contributed by atoms with Crippen molar-refractivity contribution in [2.75, 3.05) is 11.9 Å². The largest absolute Gasteiger partial charge is 0.393 e. The Labute approximate surface area is 191 Å². The Balaban J connectivity index is 1.26. The van der Waals surface area contributed by atoms with Gasteiger partial charge in [0.2, 0.25) is 5.95 Å². The number of halogens is 2. The maximum atomic E-state index is 13.6. The highest BCUT2D eigenvalue weighted by Gasteiger charge is 2.35. The second-order valence-corrected chi connectivity index (χ2v) is 9.49. The fraction of sp³-hybridized carbons (Fsp3) is 0.522. The van der Waals surface area contributed by atoms with Crippen LogP contribution >= 0.6 is 11.6 Å².